The Balaban J connectivity index is 2.12. The number of hydrogen-bond donors (Lipinski definition) is 0. The zero-order valence-corrected chi connectivity index (χ0v) is 11.6. The summed E-state index contributed by atoms with van der Waals surface area (Å²) in [4.78, 5) is 16.3. The maximum absolute atomic E-state index is 12.2. The van der Waals surface area contributed by atoms with Gasteiger partial charge in [-0.15, -0.1) is 0 Å². The third-order valence-corrected chi connectivity index (χ3v) is 3.21. The summed E-state index contributed by atoms with van der Waals surface area (Å²) in [5.41, 5.74) is 1.98. The van der Waals surface area contributed by atoms with Crippen molar-refractivity contribution in [1.29, 1.82) is 0 Å². The van der Waals surface area contributed by atoms with E-state index in [4.69, 9.17) is 0 Å². The van der Waals surface area contributed by atoms with Gasteiger partial charge in [0.15, 0.2) is 5.78 Å². The monoisotopic (exact) mass is 257 g/mol. The Hall–Kier alpha value is -1.97. The summed E-state index contributed by atoms with van der Waals surface area (Å²) in [5, 5.41) is 4.07. The molecule has 4 nitrogen and oxygen atoms in total. The predicted molar refractivity (Wildman–Crippen MR) is 74.3 cm³/mol. The Bertz CT molecular complexity index is 555. The summed E-state index contributed by atoms with van der Waals surface area (Å²) in [6, 6.07) is 7.82. The van der Waals surface area contributed by atoms with Crippen LogP contribution in [0.1, 0.15) is 48.4 Å². The van der Waals surface area contributed by atoms with E-state index in [1.54, 1.807) is 4.68 Å². The molecule has 0 amide bonds. The van der Waals surface area contributed by atoms with Crippen LogP contribution in [0.4, 0.5) is 0 Å². The van der Waals surface area contributed by atoms with Crippen LogP contribution in [0.25, 0.3) is 0 Å². The molecule has 0 bridgehead atoms. The maximum Gasteiger partial charge on any atom is 0.170 e. The van der Waals surface area contributed by atoms with Crippen molar-refractivity contribution in [3.63, 3.8) is 0 Å². The Kier molecular flexibility index (Phi) is 4.10. The van der Waals surface area contributed by atoms with Crippen LogP contribution in [0, 0.1) is 0 Å². The van der Waals surface area contributed by atoms with Gasteiger partial charge in [-0.2, -0.15) is 5.10 Å². The molecule has 4 heteroatoms. The van der Waals surface area contributed by atoms with Gasteiger partial charge in [-0.3, -0.25) is 4.79 Å². The third-order valence-electron chi connectivity index (χ3n) is 3.21. The van der Waals surface area contributed by atoms with Gasteiger partial charge in [0.1, 0.15) is 12.2 Å². The Labute approximate surface area is 113 Å². The molecule has 1 aromatic heterocycles. The summed E-state index contributed by atoms with van der Waals surface area (Å²) < 4.78 is 1.75. The number of carbonyl (C=O) groups is 1. The highest BCUT2D eigenvalue weighted by Gasteiger charge is 2.11. The molecule has 1 heterocycles. The topological polar surface area (TPSA) is 47.8 Å². The van der Waals surface area contributed by atoms with Crippen LogP contribution in [-0.4, -0.2) is 20.5 Å². The molecule has 0 atom stereocenters. The van der Waals surface area contributed by atoms with Crippen LogP contribution in [0.5, 0.6) is 0 Å². The standard InChI is InChI=1S/C15H19N3O/c1-4-18-15(16-10-17-18)9-14(19)13-7-5-12(6-8-13)11(2)3/h5-8,10-11H,4,9H2,1-3H3. The molecular formula is C15H19N3O. The molecule has 0 aliphatic carbocycles. The van der Waals surface area contributed by atoms with E-state index in [1.807, 2.05) is 31.2 Å². The first-order valence-electron chi connectivity index (χ1n) is 6.61. The summed E-state index contributed by atoms with van der Waals surface area (Å²) in [6.07, 6.45) is 1.79. The number of aryl methyl sites for hydroxylation is 1. The van der Waals surface area contributed by atoms with Crippen molar-refractivity contribution in [2.75, 3.05) is 0 Å². The van der Waals surface area contributed by atoms with Crippen LogP contribution < -0.4 is 0 Å². The molecule has 0 fully saturated rings. The van der Waals surface area contributed by atoms with Crippen LogP contribution in [-0.2, 0) is 13.0 Å². The maximum atomic E-state index is 12.2. The molecule has 2 aromatic rings. The molecule has 0 saturated heterocycles. The lowest BCUT2D eigenvalue weighted by molar-refractivity contribution is 0.0989. The van der Waals surface area contributed by atoms with Crippen molar-refractivity contribution in [3.05, 3.63) is 47.5 Å². The molecule has 0 radical (unpaired) electrons. The van der Waals surface area contributed by atoms with E-state index in [-0.39, 0.29) is 5.78 Å². The lowest BCUT2D eigenvalue weighted by Crippen LogP contribution is -2.10. The molecule has 1 aromatic carbocycles. The van der Waals surface area contributed by atoms with Gasteiger partial charge in [0.25, 0.3) is 0 Å². The van der Waals surface area contributed by atoms with Gasteiger partial charge in [0, 0.05) is 12.1 Å². The van der Waals surface area contributed by atoms with E-state index in [9.17, 15) is 4.79 Å². The average molecular weight is 257 g/mol. The van der Waals surface area contributed by atoms with Crippen LogP contribution in [0.3, 0.4) is 0 Å². The van der Waals surface area contributed by atoms with E-state index in [1.165, 1.54) is 11.9 Å². The molecular weight excluding hydrogens is 238 g/mol. The third kappa shape index (κ3) is 3.08. The highest BCUT2D eigenvalue weighted by Crippen LogP contribution is 2.15. The van der Waals surface area contributed by atoms with E-state index in [0.29, 0.717) is 12.3 Å². The molecule has 0 unspecified atom stereocenters. The molecule has 0 aliphatic heterocycles. The van der Waals surface area contributed by atoms with Crippen molar-refractivity contribution >= 4 is 5.78 Å². The molecule has 0 aliphatic rings. The number of benzene rings is 1. The van der Waals surface area contributed by atoms with Crippen molar-refractivity contribution in [2.45, 2.75) is 39.7 Å². The minimum absolute atomic E-state index is 0.0815. The lowest BCUT2D eigenvalue weighted by atomic mass is 10.00. The van der Waals surface area contributed by atoms with Gasteiger partial charge in [-0.05, 0) is 18.4 Å². The van der Waals surface area contributed by atoms with Crippen molar-refractivity contribution in [1.82, 2.24) is 14.8 Å². The minimum atomic E-state index is 0.0815. The fourth-order valence-corrected chi connectivity index (χ4v) is 1.99. The number of rotatable bonds is 5. The molecule has 2 rings (SSSR count). The number of hydrogen-bond acceptors (Lipinski definition) is 3. The lowest BCUT2D eigenvalue weighted by Gasteiger charge is -2.06. The Morgan fingerprint density at radius 1 is 1.26 bits per heavy atom. The zero-order valence-electron chi connectivity index (χ0n) is 11.6. The smallest absolute Gasteiger partial charge is 0.170 e. The molecule has 0 spiro atoms. The first-order valence-corrected chi connectivity index (χ1v) is 6.61. The molecule has 0 saturated carbocycles. The van der Waals surface area contributed by atoms with Crippen LogP contribution >= 0.6 is 0 Å². The fourth-order valence-electron chi connectivity index (χ4n) is 1.99. The second-order valence-electron chi connectivity index (χ2n) is 4.87. The summed E-state index contributed by atoms with van der Waals surface area (Å²) in [5.74, 6) is 1.28. The largest absolute Gasteiger partial charge is 0.294 e. The first-order chi connectivity index (χ1) is 9.11. The number of aromatic nitrogens is 3. The first kappa shape index (κ1) is 13.5. The van der Waals surface area contributed by atoms with Gasteiger partial charge < -0.3 is 0 Å². The summed E-state index contributed by atoms with van der Waals surface area (Å²) >= 11 is 0. The van der Waals surface area contributed by atoms with Gasteiger partial charge in [-0.1, -0.05) is 38.1 Å². The Morgan fingerprint density at radius 2 is 1.95 bits per heavy atom. The summed E-state index contributed by atoms with van der Waals surface area (Å²) in [7, 11) is 0. The van der Waals surface area contributed by atoms with Crippen molar-refractivity contribution in [2.24, 2.45) is 0 Å². The predicted octanol–water partition coefficient (Wildman–Crippen LogP) is 2.85. The zero-order chi connectivity index (χ0) is 13.8. The quantitative estimate of drug-likeness (QED) is 0.774. The van der Waals surface area contributed by atoms with Gasteiger partial charge in [-0.25, -0.2) is 9.67 Å². The van der Waals surface area contributed by atoms with E-state index < -0.39 is 0 Å². The minimum Gasteiger partial charge on any atom is -0.294 e. The number of nitrogens with zero attached hydrogens (tertiary/aromatic N) is 3. The van der Waals surface area contributed by atoms with Crippen molar-refractivity contribution in [3.8, 4) is 0 Å². The fraction of sp³-hybridized carbons (Fsp3) is 0.400. The van der Waals surface area contributed by atoms with E-state index in [2.05, 4.69) is 23.9 Å². The second kappa shape index (κ2) is 5.78. The number of ketones is 1. The second-order valence-corrected chi connectivity index (χ2v) is 4.87. The normalized spacial score (nSPS) is 10.9. The number of Topliss-reactive ketones (excluding diaryl/α,β-unsaturated/α-hetero) is 1. The highest BCUT2D eigenvalue weighted by atomic mass is 16.1. The Morgan fingerprint density at radius 3 is 2.53 bits per heavy atom. The average Bonchev–Trinajstić information content (AvgIpc) is 2.86. The van der Waals surface area contributed by atoms with Crippen LogP contribution in [0.15, 0.2) is 30.6 Å². The number of carbonyl (C=O) groups excluding carboxylic acids is 1. The van der Waals surface area contributed by atoms with Crippen molar-refractivity contribution < 1.29 is 4.79 Å². The van der Waals surface area contributed by atoms with Gasteiger partial charge in [0.05, 0.1) is 6.42 Å². The van der Waals surface area contributed by atoms with Gasteiger partial charge >= 0.3 is 0 Å². The van der Waals surface area contributed by atoms with Crippen LogP contribution in [0.2, 0.25) is 0 Å². The molecule has 100 valence electrons. The van der Waals surface area contributed by atoms with E-state index >= 15 is 0 Å². The molecule has 0 N–H and O–H groups in total. The molecule has 19 heavy (non-hydrogen) atoms. The highest BCUT2D eigenvalue weighted by molar-refractivity contribution is 5.97. The van der Waals surface area contributed by atoms with Gasteiger partial charge in [0.2, 0.25) is 0 Å². The SMILES string of the molecule is CCn1ncnc1CC(=O)c1ccc(C(C)C)cc1. The van der Waals surface area contributed by atoms with E-state index in [0.717, 1.165) is 17.9 Å². The summed E-state index contributed by atoms with van der Waals surface area (Å²) in [6.45, 7) is 7.00.